The normalized spacial score (nSPS) is 16.7. The lowest BCUT2D eigenvalue weighted by Gasteiger charge is -2.35. The molecule has 1 atom stereocenters. The van der Waals surface area contributed by atoms with Crippen molar-refractivity contribution in [2.24, 2.45) is 0 Å². The van der Waals surface area contributed by atoms with Crippen LogP contribution in [0.15, 0.2) is 42.5 Å². The van der Waals surface area contributed by atoms with Gasteiger partial charge in [-0.2, -0.15) is 0 Å². The Balaban J connectivity index is 2.10. The van der Waals surface area contributed by atoms with Crippen molar-refractivity contribution in [2.75, 3.05) is 16.8 Å². The molecule has 118 valence electrons. The van der Waals surface area contributed by atoms with E-state index in [9.17, 15) is 14.7 Å². The zero-order chi connectivity index (χ0) is 16.6. The molecule has 23 heavy (non-hydrogen) atoms. The number of carboxylic acids is 1. The van der Waals surface area contributed by atoms with E-state index in [1.54, 1.807) is 0 Å². The molecule has 3 rings (SSSR count). The van der Waals surface area contributed by atoms with Gasteiger partial charge in [-0.3, -0.25) is 14.5 Å². The van der Waals surface area contributed by atoms with Crippen molar-refractivity contribution < 1.29 is 14.7 Å². The van der Waals surface area contributed by atoms with Gasteiger partial charge in [0.15, 0.2) is 0 Å². The Morgan fingerprint density at radius 3 is 2.48 bits per heavy atom. The summed E-state index contributed by atoms with van der Waals surface area (Å²) in [5.74, 6) is -1.29. The molecule has 5 nitrogen and oxygen atoms in total. The minimum atomic E-state index is -1.03. The van der Waals surface area contributed by atoms with E-state index in [0.29, 0.717) is 5.69 Å². The largest absolute Gasteiger partial charge is 0.480 e. The Hall–Kier alpha value is -2.82. The highest BCUT2D eigenvalue weighted by atomic mass is 16.4. The maximum atomic E-state index is 12.8. The second-order valence-electron chi connectivity index (χ2n) is 5.76. The second kappa shape index (κ2) is 5.76. The standard InChI is InChI=1S/C18H18N2O3/c1-11-8-14-15(9-12(11)2)20(10-16(21)22)18(23)17(19-14)13-6-4-3-5-7-13/h3-9,17,19H,10H2,1-2H3,(H,21,22). The zero-order valence-corrected chi connectivity index (χ0v) is 13.0. The first-order valence-corrected chi connectivity index (χ1v) is 7.43. The second-order valence-corrected chi connectivity index (χ2v) is 5.76. The molecule has 2 N–H and O–H groups in total. The molecule has 0 saturated carbocycles. The molecule has 1 heterocycles. The van der Waals surface area contributed by atoms with Gasteiger partial charge in [0.1, 0.15) is 12.6 Å². The Kier molecular flexibility index (Phi) is 3.78. The van der Waals surface area contributed by atoms with Crippen LogP contribution in [0.5, 0.6) is 0 Å². The minimum Gasteiger partial charge on any atom is -0.480 e. The minimum absolute atomic E-state index is 0.255. The molecule has 0 saturated heterocycles. The summed E-state index contributed by atoms with van der Waals surface area (Å²) in [6, 6.07) is 12.6. The number of fused-ring (bicyclic) bond motifs is 1. The van der Waals surface area contributed by atoms with E-state index < -0.39 is 12.0 Å². The van der Waals surface area contributed by atoms with Crippen LogP contribution in [0.3, 0.4) is 0 Å². The Morgan fingerprint density at radius 2 is 1.83 bits per heavy atom. The molecule has 2 aromatic rings. The van der Waals surface area contributed by atoms with Crippen LogP contribution in [0.4, 0.5) is 11.4 Å². The van der Waals surface area contributed by atoms with Crippen molar-refractivity contribution in [3.63, 3.8) is 0 Å². The number of nitrogens with one attached hydrogen (secondary N) is 1. The number of carbonyl (C=O) groups is 2. The van der Waals surface area contributed by atoms with E-state index in [1.807, 2.05) is 56.3 Å². The molecule has 0 fully saturated rings. The van der Waals surface area contributed by atoms with Crippen molar-refractivity contribution in [1.82, 2.24) is 0 Å². The average Bonchev–Trinajstić information content (AvgIpc) is 2.52. The van der Waals surface area contributed by atoms with E-state index in [1.165, 1.54) is 4.90 Å². The zero-order valence-electron chi connectivity index (χ0n) is 13.0. The van der Waals surface area contributed by atoms with Crippen LogP contribution in [0, 0.1) is 13.8 Å². The third-order valence-electron chi connectivity index (χ3n) is 4.14. The highest BCUT2D eigenvalue weighted by Crippen LogP contribution is 2.38. The number of hydrogen-bond donors (Lipinski definition) is 2. The number of amides is 1. The van der Waals surface area contributed by atoms with Gasteiger partial charge in [-0.05, 0) is 42.7 Å². The molecule has 0 aromatic heterocycles. The number of anilines is 2. The lowest BCUT2D eigenvalue weighted by molar-refractivity contribution is -0.136. The number of carboxylic acid groups (broad SMARTS) is 1. The summed E-state index contributed by atoms with van der Waals surface area (Å²) in [6.45, 7) is 3.59. The predicted octanol–water partition coefficient (Wildman–Crippen LogP) is 2.89. The van der Waals surface area contributed by atoms with Gasteiger partial charge in [-0.1, -0.05) is 30.3 Å². The molecule has 1 aliphatic heterocycles. The first-order chi connectivity index (χ1) is 11.0. The van der Waals surface area contributed by atoms with Crippen molar-refractivity contribution in [2.45, 2.75) is 19.9 Å². The average molecular weight is 310 g/mol. The van der Waals surface area contributed by atoms with Gasteiger partial charge in [0, 0.05) is 0 Å². The quantitative estimate of drug-likeness (QED) is 0.914. The molecule has 0 bridgehead atoms. The third-order valence-corrected chi connectivity index (χ3v) is 4.14. The lowest BCUT2D eigenvalue weighted by Crippen LogP contribution is -2.44. The summed E-state index contributed by atoms with van der Waals surface area (Å²) in [5.41, 5.74) is 4.33. The number of carbonyl (C=O) groups excluding carboxylic acids is 1. The maximum Gasteiger partial charge on any atom is 0.323 e. The van der Waals surface area contributed by atoms with Crippen LogP contribution in [0.1, 0.15) is 22.7 Å². The monoisotopic (exact) mass is 310 g/mol. The number of aryl methyl sites for hydroxylation is 2. The fraction of sp³-hybridized carbons (Fsp3) is 0.222. The Bertz CT molecular complexity index is 771. The molecule has 1 unspecified atom stereocenters. The topological polar surface area (TPSA) is 69.6 Å². The smallest absolute Gasteiger partial charge is 0.323 e. The molecule has 2 aromatic carbocycles. The van der Waals surface area contributed by atoms with Gasteiger partial charge in [0.25, 0.3) is 5.91 Å². The van der Waals surface area contributed by atoms with Crippen LogP contribution in [0.2, 0.25) is 0 Å². The van der Waals surface area contributed by atoms with Gasteiger partial charge in [0.2, 0.25) is 0 Å². The van der Waals surface area contributed by atoms with E-state index in [0.717, 1.165) is 22.4 Å². The molecule has 0 aliphatic carbocycles. The Morgan fingerprint density at radius 1 is 1.17 bits per heavy atom. The molecular formula is C18H18N2O3. The number of hydrogen-bond acceptors (Lipinski definition) is 3. The van der Waals surface area contributed by atoms with Crippen LogP contribution < -0.4 is 10.2 Å². The summed E-state index contributed by atoms with van der Waals surface area (Å²) in [7, 11) is 0. The van der Waals surface area contributed by atoms with E-state index in [-0.39, 0.29) is 12.5 Å². The highest BCUT2D eigenvalue weighted by molar-refractivity contribution is 6.07. The lowest BCUT2D eigenvalue weighted by atomic mass is 9.99. The first kappa shape index (κ1) is 15.1. The highest BCUT2D eigenvalue weighted by Gasteiger charge is 2.34. The van der Waals surface area contributed by atoms with Gasteiger partial charge in [-0.25, -0.2) is 0 Å². The van der Waals surface area contributed by atoms with Crippen molar-refractivity contribution in [1.29, 1.82) is 0 Å². The number of rotatable bonds is 3. The number of nitrogens with zero attached hydrogens (tertiary/aromatic N) is 1. The Labute approximate surface area is 134 Å². The SMILES string of the molecule is Cc1cc2c(cc1C)N(CC(=O)O)C(=O)C(c1ccccc1)N2. The van der Waals surface area contributed by atoms with Crippen LogP contribution in [0.25, 0.3) is 0 Å². The van der Waals surface area contributed by atoms with Crippen molar-refractivity contribution >= 4 is 23.3 Å². The predicted molar refractivity (Wildman–Crippen MR) is 88.7 cm³/mol. The van der Waals surface area contributed by atoms with Crippen molar-refractivity contribution in [3.05, 3.63) is 59.2 Å². The molecule has 1 aliphatic rings. The van der Waals surface area contributed by atoms with Gasteiger partial charge in [-0.15, -0.1) is 0 Å². The third kappa shape index (κ3) is 2.77. The van der Waals surface area contributed by atoms with Gasteiger partial charge >= 0.3 is 5.97 Å². The van der Waals surface area contributed by atoms with Crippen LogP contribution >= 0.6 is 0 Å². The molecule has 5 heteroatoms. The van der Waals surface area contributed by atoms with Gasteiger partial charge in [0.05, 0.1) is 11.4 Å². The summed E-state index contributed by atoms with van der Waals surface area (Å²) < 4.78 is 0. The summed E-state index contributed by atoms with van der Waals surface area (Å²) >= 11 is 0. The molecule has 0 spiro atoms. The van der Waals surface area contributed by atoms with E-state index >= 15 is 0 Å². The van der Waals surface area contributed by atoms with Crippen molar-refractivity contribution in [3.8, 4) is 0 Å². The van der Waals surface area contributed by atoms with E-state index in [4.69, 9.17) is 0 Å². The van der Waals surface area contributed by atoms with Crippen LogP contribution in [-0.4, -0.2) is 23.5 Å². The maximum absolute atomic E-state index is 12.8. The van der Waals surface area contributed by atoms with Crippen LogP contribution in [-0.2, 0) is 9.59 Å². The summed E-state index contributed by atoms with van der Waals surface area (Å²) in [5, 5.41) is 12.4. The fourth-order valence-corrected chi connectivity index (χ4v) is 2.80. The van der Waals surface area contributed by atoms with E-state index in [2.05, 4.69) is 5.32 Å². The number of aliphatic carboxylic acids is 1. The molecule has 0 radical (unpaired) electrons. The fourth-order valence-electron chi connectivity index (χ4n) is 2.80. The van der Waals surface area contributed by atoms with Gasteiger partial charge < -0.3 is 10.4 Å². The molecule has 1 amide bonds. The summed E-state index contributed by atoms with van der Waals surface area (Å²) in [4.78, 5) is 25.4. The first-order valence-electron chi connectivity index (χ1n) is 7.43. The number of benzene rings is 2. The summed E-state index contributed by atoms with van der Waals surface area (Å²) in [6.07, 6.45) is 0. The molecular weight excluding hydrogens is 292 g/mol.